The topological polar surface area (TPSA) is 63.4 Å². The van der Waals surface area contributed by atoms with Gasteiger partial charge in [0.25, 0.3) is 0 Å². The molecule has 0 unspecified atom stereocenters. The highest BCUT2D eigenvalue weighted by molar-refractivity contribution is 6.31. The van der Waals surface area contributed by atoms with E-state index in [4.69, 9.17) is 21.1 Å². The molecule has 4 aromatic rings. The number of rotatable bonds is 6. The van der Waals surface area contributed by atoms with Crippen molar-refractivity contribution in [3.63, 3.8) is 0 Å². The largest absolute Gasteiger partial charge is 0.486 e. The van der Waals surface area contributed by atoms with E-state index < -0.39 is 0 Å². The first kappa shape index (κ1) is 20.5. The number of carbonyl (C=O) groups is 1. The second kappa shape index (κ2) is 8.97. The fourth-order valence-electron chi connectivity index (χ4n) is 4.14. The Kier molecular flexibility index (Phi) is 5.73. The summed E-state index contributed by atoms with van der Waals surface area (Å²) in [5, 5.41) is 4.72. The van der Waals surface area contributed by atoms with Gasteiger partial charge in [-0.2, -0.15) is 0 Å². The molecule has 0 aliphatic carbocycles. The summed E-state index contributed by atoms with van der Waals surface area (Å²) < 4.78 is 11.5. The minimum absolute atomic E-state index is 0.0230. The van der Waals surface area contributed by atoms with Crippen molar-refractivity contribution in [1.82, 2.24) is 10.3 Å². The second-order valence-electron chi connectivity index (χ2n) is 7.86. The number of aromatic nitrogens is 1. The molecule has 1 aliphatic rings. The summed E-state index contributed by atoms with van der Waals surface area (Å²) >= 11 is 6.29. The van der Waals surface area contributed by atoms with Gasteiger partial charge in [0.05, 0.1) is 0 Å². The van der Waals surface area contributed by atoms with Gasteiger partial charge in [0.15, 0.2) is 11.5 Å². The molecule has 2 N–H and O–H groups in total. The van der Waals surface area contributed by atoms with Crippen molar-refractivity contribution in [2.24, 2.45) is 0 Å². The van der Waals surface area contributed by atoms with Gasteiger partial charge in [0, 0.05) is 41.0 Å². The van der Waals surface area contributed by atoms with E-state index in [2.05, 4.69) is 10.3 Å². The van der Waals surface area contributed by atoms with Crippen LogP contribution >= 0.6 is 11.6 Å². The zero-order valence-corrected chi connectivity index (χ0v) is 18.2. The number of nitrogens with one attached hydrogen (secondary N) is 2. The molecule has 3 aromatic carbocycles. The predicted octanol–water partition coefficient (Wildman–Crippen LogP) is 5.43. The van der Waals surface area contributed by atoms with Gasteiger partial charge in [0.2, 0.25) is 5.91 Å². The van der Waals surface area contributed by atoms with E-state index in [0.717, 1.165) is 33.3 Å². The van der Waals surface area contributed by atoms with E-state index in [0.29, 0.717) is 37.0 Å². The average Bonchev–Trinajstić information content (AvgIpc) is 3.24. The third-order valence-electron chi connectivity index (χ3n) is 5.74. The number of amides is 1. The number of fused-ring (bicyclic) bond motifs is 2. The number of aromatic amines is 1. The zero-order chi connectivity index (χ0) is 21.9. The maximum Gasteiger partial charge on any atom is 0.221 e. The van der Waals surface area contributed by atoms with Gasteiger partial charge >= 0.3 is 0 Å². The van der Waals surface area contributed by atoms with Gasteiger partial charge in [0.1, 0.15) is 13.2 Å². The lowest BCUT2D eigenvalue weighted by atomic mass is 9.87. The van der Waals surface area contributed by atoms with Gasteiger partial charge in [-0.05, 0) is 47.0 Å². The number of carbonyl (C=O) groups excluding carboxylic acids is 1. The summed E-state index contributed by atoms with van der Waals surface area (Å²) in [6.07, 6.45) is 2.26. The molecule has 0 bridgehead atoms. The van der Waals surface area contributed by atoms with Gasteiger partial charge < -0.3 is 19.8 Å². The fraction of sp³-hybridized carbons (Fsp3) is 0.192. The molecule has 0 saturated heterocycles. The maximum absolute atomic E-state index is 13.0. The quantitative estimate of drug-likeness (QED) is 0.415. The lowest BCUT2D eigenvalue weighted by Crippen LogP contribution is -2.25. The van der Waals surface area contributed by atoms with E-state index in [-0.39, 0.29) is 11.8 Å². The lowest BCUT2D eigenvalue weighted by molar-refractivity contribution is -0.121. The molecule has 5 rings (SSSR count). The standard InChI is InChI=1S/C26H23ClN2O3/c27-19-7-8-23-21(13-19)22(16-28-23)20(14-26(30)29-15-17-4-2-1-3-5-17)18-6-9-24-25(12-18)32-11-10-31-24/h1-9,12-13,16,20,28H,10-11,14-15H2,(H,29,30)/t20-/m0/s1. The highest BCUT2D eigenvalue weighted by Gasteiger charge is 2.24. The first-order valence-corrected chi connectivity index (χ1v) is 11.0. The second-order valence-corrected chi connectivity index (χ2v) is 8.29. The van der Waals surface area contributed by atoms with Crippen molar-refractivity contribution in [1.29, 1.82) is 0 Å². The Morgan fingerprint density at radius 1 is 1.00 bits per heavy atom. The lowest BCUT2D eigenvalue weighted by Gasteiger charge is -2.22. The Morgan fingerprint density at radius 3 is 2.66 bits per heavy atom. The molecule has 5 nitrogen and oxygen atoms in total. The van der Waals surface area contributed by atoms with Crippen molar-refractivity contribution >= 4 is 28.4 Å². The number of halogens is 1. The molecule has 2 heterocycles. The first-order valence-electron chi connectivity index (χ1n) is 10.6. The molecule has 0 saturated carbocycles. The number of H-pyrrole nitrogens is 1. The van der Waals surface area contributed by atoms with Crippen LogP contribution in [0.5, 0.6) is 11.5 Å². The van der Waals surface area contributed by atoms with E-state index in [1.165, 1.54) is 0 Å². The SMILES string of the molecule is O=C(C[C@@H](c1ccc2c(c1)OCCO2)c1c[nH]c2ccc(Cl)cc12)NCc1ccccc1. The van der Waals surface area contributed by atoms with Crippen molar-refractivity contribution in [2.45, 2.75) is 18.9 Å². The molecule has 0 radical (unpaired) electrons. The Hall–Kier alpha value is -3.44. The average molecular weight is 447 g/mol. The monoisotopic (exact) mass is 446 g/mol. The molecule has 0 spiro atoms. The molecule has 0 fully saturated rings. The Morgan fingerprint density at radius 2 is 1.81 bits per heavy atom. The third-order valence-corrected chi connectivity index (χ3v) is 5.98. The fourth-order valence-corrected chi connectivity index (χ4v) is 4.31. The molecule has 32 heavy (non-hydrogen) atoms. The minimum atomic E-state index is -0.172. The number of benzene rings is 3. The van der Waals surface area contributed by atoms with Crippen LogP contribution in [0.2, 0.25) is 5.02 Å². The Bertz CT molecular complexity index is 1250. The summed E-state index contributed by atoms with van der Waals surface area (Å²) in [6.45, 7) is 1.55. The van der Waals surface area contributed by atoms with Gasteiger partial charge in [-0.1, -0.05) is 48.0 Å². The Labute approximate surface area is 191 Å². The highest BCUT2D eigenvalue weighted by atomic mass is 35.5. The first-order chi connectivity index (χ1) is 15.7. The van der Waals surface area contributed by atoms with E-state index >= 15 is 0 Å². The minimum Gasteiger partial charge on any atom is -0.486 e. The van der Waals surface area contributed by atoms with Gasteiger partial charge in [-0.15, -0.1) is 0 Å². The van der Waals surface area contributed by atoms with Crippen LogP contribution in [0.4, 0.5) is 0 Å². The van der Waals surface area contributed by atoms with E-state index in [1.807, 2.05) is 72.9 Å². The van der Waals surface area contributed by atoms with Crippen molar-refractivity contribution in [3.8, 4) is 11.5 Å². The summed E-state index contributed by atoms with van der Waals surface area (Å²) in [5.74, 6) is 1.24. The van der Waals surface area contributed by atoms with Crippen LogP contribution in [0.3, 0.4) is 0 Å². The van der Waals surface area contributed by atoms with Crippen LogP contribution in [0, 0.1) is 0 Å². The van der Waals surface area contributed by atoms with E-state index in [9.17, 15) is 4.79 Å². The van der Waals surface area contributed by atoms with Crippen molar-refractivity contribution in [3.05, 3.63) is 94.6 Å². The molecule has 1 aliphatic heterocycles. The maximum atomic E-state index is 13.0. The third kappa shape index (κ3) is 4.30. The number of ether oxygens (including phenoxy) is 2. The Balaban J connectivity index is 1.47. The molecule has 1 amide bonds. The zero-order valence-electron chi connectivity index (χ0n) is 17.4. The summed E-state index contributed by atoms with van der Waals surface area (Å²) in [4.78, 5) is 16.3. The molecular weight excluding hydrogens is 424 g/mol. The van der Waals surface area contributed by atoms with Gasteiger partial charge in [-0.3, -0.25) is 4.79 Å². The van der Waals surface area contributed by atoms with Crippen LogP contribution in [-0.4, -0.2) is 24.1 Å². The predicted molar refractivity (Wildman–Crippen MR) is 125 cm³/mol. The van der Waals surface area contributed by atoms with Crippen LogP contribution in [0.15, 0.2) is 72.9 Å². The molecule has 6 heteroatoms. The summed E-state index contributed by atoms with van der Waals surface area (Å²) in [5.41, 5.74) is 4.06. The summed E-state index contributed by atoms with van der Waals surface area (Å²) in [6, 6.07) is 21.6. The van der Waals surface area contributed by atoms with Crippen LogP contribution in [0.1, 0.15) is 29.0 Å². The normalized spacial score (nSPS) is 13.7. The van der Waals surface area contributed by atoms with Gasteiger partial charge in [-0.25, -0.2) is 0 Å². The van der Waals surface area contributed by atoms with E-state index in [1.54, 1.807) is 0 Å². The van der Waals surface area contributed by atoms with Crippen LogP contribution < -0.4 is 14.8 Å². The van der Waals surface area contributed by atoms with Crippen LogP contribution in [0.25, 0.3) is 10.9 Å². The van der Waals surface area contributed by atoms with Crippen molar-refractivity contribution in [2.75, 3.05) is 13.2 Å². The molecule has 1 atom stereocenters. The number of hydrogen-bond donors (Lipinski definition) is 2. The number of hydrogen-bond acceptors (Lipinski definition) is 3. The highest BCUT2D eigenvalue weighted by Crippen LogP contribution is 2.39. The molecule has 162 valence electrons. The van der Waals surface area contributed by atoms with Crippen LogP contribution in [-0.2, 0) is 11.3 Å². The van der Waals surface area contributed by atoms with Crippen molar-refractivity contribution < 1.29 is 14.3 Å². The molecular formula is C26H23ClN2O3. The smallest absolute Gasteiger partial charge is 0.221 e. The summed E-state index contributed by atoms with van der Waals surface area (Å²) in [7, 11) is 0. The molecule has 1 aromatic heterocycles.